The predicted molar refractivity (Wildman–Crippen MR) is 108 cm³/mol. The summed E-state index contributed by atoms with van der Waals surface area (Å²) in [5, 5.41) is 5.49. The van der Waals surface area contributed by atoms with Crippen LogP contribution in [0.25, 0.3) is 4.96 Å². The molecule has 1 N–H and O–H groups in total. The fourth-order valence-electron chi connectivity index (χ4n) is 4.16. The highest BCUT2D eigenvalue weighted by Crippen LogP contribution is 2.52. The lowest BCUT2D eigenvalue weighted by Gasteiger charge is -2.28. The van der Waals surface area contributed by atoms with Gasteiger partial charge in [-0.05, 0) is 46.5 Å². The van der Waals surface area contributed by atoms with Gasteiger partial charge in [0.2, 0.25) is 5.91 Å². The van der Waals surface area contributed by atoms with Gasteiger partial charge in [0.25, 0.3) is 0 Å². The molecule has 0 bridgehead atoms. The normalized spacial score (nSPS) is 24.4. The van der Waals surface area contributed by atoms with E-state index in [2.05, 4.69) is 10.3 Å². The summed E-state index contributed by atoms with van der Waals surface area (Å²) in [6.45, 7) is 10.6. The minimum Gasteiger partial charge on any atom is -0.444 e. The van der Waals surface area contributed by atoms with E-state index < -0.39 is 11.1 Å². The Kier molecular flexibility index (Phi) is 4.43. The largest absolute Gasteiger partial charge is 0.444 e. The lowest BCUT2D eigenvalue weighted by Crippen LogP contribution is -2.44. The van der Waals surface area contributed by atoms with Crippen LogP contribution in [0.4, 0.5) is 4.79 Å². The van der Waals surface area contributed by atoms with E-state index in [1.807, 2.05) is 50.6 Å². The molecule has 1 saturated carbocycles. The van der Waals surface area contributed by atoms with Crippen molar-refractivity contribution in [3.8, 4) is 0 Å². The average Bonchev–Trinajstić information content (AvgIpc) is 2.91. The lowest BCUT2D eigenvalue weighted by molar-refractivity contribution is -0.125. The van der Waals surface area contributed by atoms with Crippen molar-refractivity contribution < 1.29 is 14.3 Å². The average molecular weight is 425 g/mol. The van der Waals surface area contributed by atoms with Crippen LogP contribution in [0.15, 0.2) is 11.6 Å². The van der Waals surface area contributed by atoms with Crippen LogP contribution in [-0.2, 0) is 15.1 Å². The van der Waals surface area contributed by atoms with Gasteiger partial charge in [0.05, 0.1) is 11.2 Å². The molecule has 1 aliphatic carbocycles. The molecule has 0 spiro atoms. The van der Waals surface area contributed by atoms with Gasteiger partial charge >= 0.3 is 6.09 Å². The molecule has 2 aromatic heterocycles. The van der Waals surface area contributed by atoms with E-state index in [1.54, 1.807) is 4.90 Å². The van der Waals surface area contributed by atoms with Gasteiger partial charge in [-0.2, -0.15) is 0 Å². The Bertz CT molecular complexity index is 933. The quantitative estimate of drug-likeness (QED) is 0.817. The molecule has 2 amide bonds. The summed E-state index contributed by atoms with van der Waals surface area (Å²) in [5.74, 6) is 0.337. The van der Waals surface area contributed by atoms with Gasteiger partial charge in [-0.15, -0.1) is 11.3 Å². The van der Waals surface area contributed by atoms with Crippen molar-refractivity contribution in [2.24, 2.45) is 17.8 Å². The van der Waals surface area contributed by atoms with E-state index in [-0.39, 0.29) is 29.8 Å². The molecule has 2 aromatic rings. The summed E-state index contributed by atoms with van der Waals surface area (Å²) in [4.78, 5) is 32.0. The highest BCUT2D eigenvalue weighted by atomic mass is 35.5. The maximum Gasteiger partial charge on any atom is 0.410 e. The van der Waals surface area contributed by atoms with Crippen LogP contribution in [0.1, 0.15) is 40.3 Å². The summed E-state index contributed by atoms with van der Waals surface area (Å²) in [6, 6.07) is 0. The van der Waals surface area contributed by atoms with Crippen LogP contribution in [0.3, 0.4) is 0 Å². The highest BCUT2D eigenvalue weighted by molar-refractivity contribution is 7.15. The van der Waals surface area contributed by atoms with Crippen LogP contribution in [0.2, 0.25) is 5.15 Å². The number of carbonyl (C=O) groups is 2. The van der Waals surface area contributed by atoms with Crippen LogP contribution < -0.4 is 5.32 Å². The molecule has 9 heteroatoms. The molecule has 0 aromatic carbocycles. The molecule has 152 valence electrons. The maximum atomic E-state index is 12.9. The Hall–Kier alpha value is -1.80. The van der Waals surface area contributed by atoms with Crippen molar-refractivity contribution in [3.05, 3.63) is 22.4 Å². The van der Waals surface area contributed by atoms with E-state index >= 15 is 0 Å². The van der Waals surface area contributed by atoms with Gasteiger partial charge in [-0.25, -0.2) is 9.78 Å². The molecule has 2 aliphatic rings. The lowest BCUT2D eigenvalue weighted by atomic mass is 10.0. The van der Waals surface area contributed by atoms with E-state index in [1.165, 1.54) is 11.3 Å². The molecular formula is C19H25ClN4O3S. The molecule has 1 aliphatic heterocycles. The van der Waals surface area contributed by atoms with Gasteiger partial charge in [0, 0.05) is 30.6 Å². The van der Waals surface area contributed by atoms with Crippen LogP contribution in [0.5, 0.6) is 0 Å². The van der Waals surface area contributed by atoms with Gasteiger partial charge < -0.3 is 15.0 Å². The molecule has 2 unspecified atom stereocenters. The van der Waals surface area contributed by atoms with Crippen molar-refractivity contribution in [1.29, 1.82) is 0 Å². The Morgan fingerprint density at radius 1 is 1.25 bits per heavy atom. The zero-order chi connectivity index (χ0) is 20.4. The standard InChI is InChI=1S/C19H25ClN4O3S/c1-18(2,3)27-17(26)23-8-10-11(9-23)12(10)15(25)22-19(4,5)13-14(20)21-16-24(13)6-7-28-16/h6-7,10-12H,8-9H2,1-5H3,(H,22,25). The first-order chi connectivity index (χ1) is 13.0. The fraction of sp³-hybridized carbons (Fsp3) is 0.632. The number of fused-ring (bicyclic) bond motifs is 2. The summed E-state index contributed by atoms with van der Waals surface area (Å²) >= 11 is 7.84. The van der Waals surface area contributed by atoms with E-state index in [0.29, 0.717) is 18.2 Å². The molecule has 0 radical (unpaired) electrons. The Morgan fingerprint density at radius 2 is 1.89 bits per heavy atom. The van der Waals surface area contributed by atoms with Gasteiger partial charge in [0.1, 0.15) is 5.60 Å². The third-order valence-electron chi connectivity index (χ3n) is 5.40. The minimum atomic E-state index is -0.656. The smallest absolute Gasteiger partial charge is 0.410 e. The number of ether oxygens (including phenoxy) is 1. The molecular weight excluding hydrogens is 400 g/mol. The number of hydrogen-bond acceptors (Lipinski definition) is 5. The van der Waals surface area contributed by atoms with Crippen LogP contribution in [-0.4, -0.2) is 45.0 Å². The van der Waals surface area contributed by atoms with Crippen molar-refractivity contribution in [3.63, 3.8) is 0 Å². The van der Waals surface area contributed by atoms with Gasteiger partial charge in [0.15, 0.2) is 10.1 Å². The molecule has 2 fully saturated rings. The van der Waals surface area contributed by atoms with Crippen LogP contribution in [0, 0.1) is 17.8 Å². The first-order valence-corrected chi connectivity index (χ1v) is 10.7. The zero-order valence-corrected chi connectivity index (χ0v) is 18.2. The van der Waals surface area contributed by atoms with E-state index in [4.69, 9.17) is 16.3 Å². The number of likely N-dealkylation sites (tertiary alicyclic amines) is 1. The van der Waals surface area contributed by atoms with Crippen molar-refractivity contribution in [2.45, 2.75) is 45.8 Å². The monoisotopic (exact) mass is 424 g/mol. The number of amides is 2. The third-order valence-corrected chi connectivity index (χ3v) is 6.42. The molecule has 7 nitrogen and oxygen atoms in total. The number of halogens is 1. The maximum absolute atomic E-state index is 12.9. The number of nitrogens with one attached hydrogen (secondary N) is 1. The summed E-state index contributed by atoms with van der Waals surface area (Å²) in [7, 11) is 0. The number of piperidine rings is 1. The molecule has 3 heterocycles. The number of imidazole rings is 1. The second-order valence-corrected chi connectivity index (χ2v) is 10.4. The number of thiazole rings is 1. The van der Waals surface area contributed by atoms with Gasteiger partial charge in [-0.3, -0.25) is 9.20 Å². The first kappa shape index (κ1) is 19.5. The van der Waals surface area contributed by atoms with Crippen LogP contribution >= 0.6 is 22.9 Å². The third kappa shape index (κ3) is 3.37. The SMILES string of the molecule is CC(C)(C)OC(=O)N1CC2C(C1)C2C(=O)NC(C)(C)c1c(Cl)nc2sccn12. The topological polar surface area (TPSA) is 75.9 Å². The second-order valence-electron chi connectivity index (χ2n) is 9.16. The number of hydrogen-bond donors (Lipinski definition) is 1. The predicted octanol–water partition coefficient (Wildman–Crippen LogP) is 3.51. The summed E-state index contributed by atoms with van der Waals surface area (Å²) < 4.78 is 7.35. The zero-order valence-electron chi connectivity index (χ0n) is 16.7. The number of aromatic nitrogens is 2. The molecule has 28 heavy (non-hydrogen) atoms. The Balaban J connectivity index is 1.39. The summed E-state index contributed by atoms with van der Waals surface area (Å²) in [5.41, 5.74) is -0.390. The van der Waals surface area contributed by atoms with Crippen molar-refractivity contribution >= 4 is 39.9 Å². The van der Waals surface area contributed by atoms with E-state index in [0.717, 1.165) is 10.7 Å². The molecule has 2 atom stereocenters. The van der Waals surface area contributed by atoms with Crippen molar-refractivity contribution in [2.75, 3.05) is 13.1 Å². The van der Waals surface area contributed by atoms with E-state index in [9.17, 15) is 9.59 Å². The second kappa shape index (κ2) is 6.35. The Morgan fingerprint density at radius 3 is 2.50 bits per heavy atom. The Labute approximate surface area is 173 Å². The fourth-order valence-corrected chi connectivity index (χ4v) is 5.33. The molecule has 4 rings (SSSR count). The molecule has 1 saturated heterocycles. The number of nitrogens with zero attached hydrogens (tertiary/aromatic N) is 3. The van der Waals surface area contributed by atoms with Gasteiger partial charge in [-0.1, -0.05) is 11.6 Å². The first-order valence-electron chi connectivity index (χ1n) is 9.39. The van der Waals surface area contributed by atoms with Crippen molar-refractivity contribution in [1.82, 2.24) is 19.6 Å². The number of carbonyl (C=O) groups excluding carboxylic acids is 2. The highest BCUT2D eigenvalue weighted by Gasteiger charge is 2.61. The summed E-state index contributed by atoms with van der Waals surface area (Å²) in [6.07, 6.45) is 1.61. The number of rotatable bonds is 3. The minimum absolute atomic E-state index is 0.00471.